The van der Waals surface area contributed by atoms with E-state index >= 15 is 0 Å². The number of hydrogen-bond acceptors (Lipinski definition) is 2. The van der Waals surface area contributed by atoms with Gasteiger partial charge in [-0.3, -0.25) is 0 Å². The number of benzene rings is 7. The van der Waals surface area contributed by atoms with Gasteiger partial charge in [-0.15, -0.1) is 11.3 Å². The van der Waals surface area contributed by atoms with E-state index in [2.05, 4.69) is 189 Å². The number of allylic oxidation sites excluding steroid dienone is 3. The highest BCUT2D eigenvalue weighted by Crippen LogP contribution is 2.57. The lowest BCUT2D eigenvalue weighted by Crippen LogP contribution is -2.28. The summed E-state index contributed by atoms with van der Waals surface area (Å²) < 4.78 is 8.39. The zero-order valence-electron chi connectivity index (χ0n) is 29.9. The van der Waals surface area contributed by atoms with Gasteiger partial charge in [0.1, 0.15) is 11.2 Å². The van der Waals surface area contributed by atoms with Crippen molar-refractivity contribution >= 4 is 54.5 Å². The molecule has 0 fully saturated rings. The van der Waals surface area contributed by atoms with Gasteiger partial charge in [-0.05, 0) is 86.7 Å². The second kappa shape index (κ2) is 12.2. The normalized spacial score (nSPS) is 16.0. The lowest BCUT2D eigenvalue weighted by molar-refractivity contribution is 0.648. The van der Waals surface area contributed by atoms with Crippen LogP contribution in [0.3, 0.4) is 0 Å². The van der Waals surface area contributed by atoms with Crippen LogP contribution in [0.1, 0.15) is 63.1 Å². The number of fused-ring (bicyclic) bond motifs is 9. The first kappa shape index (κ1) is 31.3. The van der Waals surface area contributed by atoms with Gasteiger partial charge in [0, 0.05) is 36.9 Å². The standard InChI is InChI=1S/C52H36OS/c1-33-27-28-36(49-41-21-10-13-26-48(41)54-51(33)49)32-42(34-15-4-2-5-16-34)35-29-30-47-43(31-35)40-22-14-25-46(50(40)53-47)52(37-17-6-3-7-18-37)44-23-11-8-19-38(44)39-20-9-12-24-45(39)52/h2-26,28-33H,27H2,1H3/b42-32-. The van der Waals surface area contributed by atoms with Gasteiger partial charge >= 0.3 is 0 Å². The SMILES string of the molecule is CC1CC=C(/C=C(/c2ccccc2)c2ccc3oc4c(C5(c6ccccc6)c6ccccc6-c6ccccc65)cccc4c3c2)c2c1sc1ccccc21. The number of furan rings is 1. The highest BCUT2D eigenvalue weighted by molar-refractivity contribution is 7.19. The average molecular weight is 709 g/mol. The van der Waals surface area contributed by atoms with Crippen molar-refractivity contribution in [2.75, 3.05) is 0 Å². The fourth-order valence-electron chi connectivity index (χ4n) is 9.40. The van der Waals surface area contributed by atoms with Gasteiger partial charge < -0.3 is 4.42 Å². The fourth-order valence-corrected chi connectivity index (χ4v) is 10.7. The molecule has 9 aromatic rings. The Morgan fingerprint density at radius 3 is 2.04 bits per heavy atom. The van der Waals surface area contributed by atoms with Crippen LogP contribution in [0.15, 0.2) is 186 Å². The number of thiophene rings is 1. The van der Waals surface area contributed by atoms with Crippen molar-refractivity contribution in [3.8, 4) is 11.1 Å². The Morgan fingerprint density at radius 2 is 1.26 bits per heavy atom. The molecule has 0 radical (unpaired) electrons. The van der Waals surface area contributed by atoms with Gasteiger partial charge in [-0.2, -0.15) is 0 Å². The second-order valence-electron chi connectivity index (χ2n) is 14.8. The molecule has 0 aliphatic heterocycles. The first-order valence-electron chi connectivity index (χ1n) is 18.9. The maximum atomic E-state index is 7.03. The van der Waals surface area contributed by atoms with E-state index in [9.17, 15) is 0 Å². The zero-order valence-corrected chi connectivity index (χ0v) is 30.7. The smallest absolute Gasteiger partial charge is 0.140 e. The van der Waals surface area contributed by atoms with E-state index in [1.807, 2.05) is 11.3 Å². The summed E-state index contributed by atoms with van der Waals surface area (Å²) in [5, 5.41) is 3.61. The van der Waals surface area contributed by atoms with Crippen molar-refractivity contribution in [3.05, 3.63) is 226 Å². The molecule has 2 aliphatic carbocycles. The van der Waals surface area contributed by atoms with Crippen LogP contribution >= 0.6 is 11.3 Å². The quantitative estimate of drug-likeness (QED) is 0.173. The van der Waals surface area contributed by atoms with E-state index in [0.29, 0.717) is 5.92 Å². The molecule has 1 nitrogen and oxygen atoms in total. The molecule has 0 N–H and O–H groups in total. The Labute approximate surface area is 319 Å². The van der Waals surface area contributed by atoms with Crippen LogP contribution in [0.4, 0.5) is 0 Å². The molecular weight excluding hydrogens is 673 g/mol. The first-order valence-corrected chi connectivity index (χ1v) is 19.7. The summed E-state index contributed by atoms with van der Waals surface area (Å²) in [7, 11) is 0. The lowest BCUT2D eigenvalue weighted by atomic mass is 9.67. The molecule has 0 amide bonds. The number of para-hydroxylation sites is 1. The lowest BCUT2D eigenvalue weighted by Gasteiger charge is -2.33. The maximum absolute atomic E-state index is 7.03. The largest absolute Gasteiger partial charge is 0.456 e. The van der Waals surface area contributed by atoms with E-state index in [0.717, 1.165) is 28.4 Å². The first-order chi connectivity index (χ1) is 26.7. The summed E-state index contributed by atoms with van der Waals surface area (Å²) in [6.45, 7) is 2.36. The van der Waals surface area contributed by atoms with Gasteiger partial charge in [0.2, 0.25) is 0 Å². The molecule has 2 heterocycles. The number of rotatable bonds is 5. The van der Waals surface area contributed by atoms with E-state index in [-0.39, 0.29) is 0 Å². The van der Waals surface area contributed by atoms with Crippen LogP contribution in [0, 0.1) is 0 Å². The molecule has 7 aromatic carbocycles. The van der Waals surface area contributed by atoms with Crippen molar-refractivity contribution in [1.29, 1.82) is 0 Å². The van der Waals surface area contributed by atoms with Crippen molar-refractivity contribution in [3.63, 3.8) is 0 Å². The van der Waals surface area contributed by atoms with Crippen LogP contribution < -0.4 is 0 Å². The molecule has 1 unspecified atom stereocenters. The highest BCUT2D eigenvalue weighted by atomic mass is 32.1. The van der Waals surface area contributed by atoms with Crippen molar-refractivity contribution in [1.82, 2.24) is 0 Å². The molecule has 0 saturated carbocycles. The maximum Gasteiger partial charge on any atom is 0.140 e. The molecular formula is C52H36OS. The van der Waals surface area contributed by atoms with E-state index < -0.39 is 5.41 Å². The Bertz CT molecular complexity index is 2930. The summed E-state index contributed by atoms with van der Waals surface area (Å²) in [5.74, 6) is 0.510. The summed E-state index contributed by atoms with van der Waals surface area (Å²) >= 11 is 1.95. The molecule has 2 heteroatoms. The van der Waals surface area contributed by atoms with Crippen LogP contribution in [0.5, 0.6) is 0 Å². The third-order valence-corrected chi connectivity index (χ3v) is 13.2. The fraction of sp³-hybridized carbons (Fsp3) is 0.0769. The summed E-state index contributed by atoms with van der Waals surface area (Å²) in [5.41, 5.74) is 15.1. The van der Waals surface area contributed by atoms with Gasteiger partial charge in [-0.1, -0.05) is 165 Å². The van der Waals surface area contributed by atoms with Gasteiger partial charge in [0.15, 0.2) is 0 Å². The summed E-state index contributed by atoms with van der Waals surface area (Å²) in [6, 6.07) is 62.1. The second-order valence-corrected chi connectivity index (χ2v) is 15.8. The van der Waals surface area contributed by atoms with Gasteiger partial charge in [0.25, 0.3) is 0 Å². The minimum Gasteiger partial charge on any atom is -0.456 e. The van der Waals surface area contributed by atoms with Crippen molar-refractivity contribution in [2.45, 2.75) is 24.7 Å². The Morgan fingerprint density at radius 1 is 0.611 bits per heavy atom. The average Bonchev–Trinajstić information content (AvgIpc) is 3.91. The van der Waals surface area contributed by atoms with E-state index in [1.165, 1.54) is 76.2 Å². The molecule has 2 aromatic heterocycles. The number of hydrogen-bond donors (Lipinski definition) is 0. The predicted octanol–water partition coefficient (Wildman–Crippen LogP) is 14.2. The third kappa shape index (κ3) is 4.50. The molecule has 0 saturated heterocycles. The molecule has 0 spiro atoms. The van der Waals surface area contributed by atoms with Crippen LogP contribution in [-0.2, 0) is 5.41 Å². The monoisotopic (exact) mass is 708 g/mol. The summed E-state index contributed by atoms with van der Waals surface area (Å²) in [4.78, 5) is 1.49. The predicted molar refractivity (Wildman–Crippen MR) is 227 cm³/mol. The molecule has 2 aliphatic rings. The van der Waals surface area contributed by atoms with Gasteiger partial charge in [0.05, 0.1) is 5.41 Å². The summed E-state index contributed by atoms with van der Waals surface area (Å²) in [6.07, 6.45) is 5.93. The Balaban J connectivity index is 1.14. The van der Waals surface area contributed by atoms with Gasteiger partial charge in [-0.25, -0.2) is 0 Å². The van der Waals surface area contributed by atoms with E-state index in [1.54, 1.807) is 0 Å². The van der Waals surface area contributed by atoms with E-state index in [4.69, 9.17) is 4.42 Å². The Kier molecular flexibility index (Phi) is 7.05. The van der Waals surface area contributed by atoms with Crippen LogP contribution in [0.25, 0.3) is 54.3 Å². The minimum atomic E-state index is -0.536. The van der Waals surface area contributed by atoms with Crippen LogP contribution in [0.2, 0.25) is 0 Å². The minimum absolute atomic E-state index is 0.510. The zero-order chi connectivity index (χ0) is 35.8. The molecule has 1 atom stereocenters. The highest BCUT2D eigenvalue weighted by Gasteiger charge is 2.47. The molecule has 11 rings (SSSR count). The third-order valence-electron chi connectivity index (χ3n) is 11.8. The molecule has 54 heavy (non-hydrogen) atoms. The molecule has 0 bridgehead atoms. The topological polar surface area (TPSA) is 13.1 Å². The Hall–Kier alpha value is -6.22. The molecule has 256 valence electrons. The van der Waals surface area contributed by atoms with Crippen molar-refractivity contribution < 1.29 is 4.42 Å². The van der Waals surface area contributed by atoms with Crippen molar-refractivity contribution in [2.24, 2.45) is 0 Å². The van der Waals surface area contributed by atoms with Crippen LogP contribution in [-0.4, -0.2) is 0 Å².